The molecule has 100 valence electrons. The Bertz CT molecular complexity index is 461. The summed E-state index contributed by atoms with van der Waals surface area (Å²) in [5.41, 5.74) is 2.97. The van der Waals surface area contributed by atoms with Crippen molar-refractivity contribution < 1.29 is 5.21 Å². The number of hydrogen-bond acceptors (Lipinski definition) is 3. The molecular formula is C14H21ClN2O. The average Bonchev–Trinajstić information content (AvgIpc) is 2.43. The van der Waals surface area contributed by atoms with Gasteiger partial charge in [-0.15, -0.1) is 0 Å². The highest BCUT2D eigenvalue weighted by molar-refractivity contribution is 6.32. The van der Waals surface area contributed by atoms with Gasteiger partial charge in [0, 0.05) is 36.9 Å². The van der Waals surface area contributed by atoms with E-state index in [2.05, 4.69) is 25.8 Å². The zero-order valence-corrected chi connectivity index (χ0v) is 12.3. The summed E-state index contributed by atoms with van der Waals surface area (Å²) < 4.78 is 0. The minimum atomic E-state index is -0.427. The lowest BCUT2D eigenvalue weighted by atomic mass is 9.86. The van der Waals surface area contributed by atoms with Crippen LogP contribution in [0.4, 0.5) is 5.69 Å². The Hall–Kier alpha value is -0.770. The number of anilines is 1. The standard InChI is InChI=1S/C14H21ClN2O/c1-10-6-7-11(15)12-13(10)16(3)9-5-8-14(12,2)17(4)18/h6-7,18H,5,8-9H2,1-4H3. The van der Waals surface area contributed by atoms with Crippen molar-refractivity contribution in [2.75, 3.05) is 25.5 Å². The quantitative estimate of drug-likeness (QED) is 0.791. The Kier molecular flexibility index (Phi) is 3.58. The second-order valence-electron chi connectivity index (χ2n) is 5.41. The Morgan fingerprint density at radius 3 is 2.72 bits per heavy atom. The third kappa shape index (κ3) is 2.00. The normalized spacial score (nSPS) is 24.1. The van der Waals surface area contributed by atoms with Gasteiger partial charge in [0.2, 0.25) is 0 Å². The van der Waals surface area contributed by atoms with Gasteiger partial charge in [-0.1, -0.05) is 17.7 Å². The fourth-order valence-corrected chi connectivity index (χ4v) is 3.25. The summed E-state index contributed by atoms with van der Waals surface area (Å²) in [5.74, 6) is 0. The first-order chi connectivity index (χ1) is 8.38. The summed E-state index contributed by atoms with van der Waals surface area (Å²) in [6.45, 7) is 5.13. The number of hydroxylamine groups is 2. The zero-order valence-electron chi connectivity index (χ0n) is 11.5. The van der Waals surface area contributed by atoms with E-state index >= 15 is 0 Å². The first-order valence-electron chi connectivity index (χ1n) is 6.31. The fraction of sp³-hybridized carbons (Fsp3) is 0.571. The Labute approximate surface area is 114 Å². The maximum absolute atomic E-state index is 10.1. The molecule has 1 atom stereocenters. The summed E-state index contributed by atoms with van der Waals surface area (Å²) in [6.07, 6.45) is 1.92. The van der Waals surface area contributed by atoms with Crippen molar-refractivity contribution in [2.45, 2.75) is 32.2 Å². The molecule has 0 fully saturated rings. The van der Waals surface area contributed by atoms with Crippen LogP contribution >= 0.6 is 11.6 Å². The van der Waals surface area contributed by atoms with Gasteiger partial charge in [-0.25, -0.2) is 0 Å². The molecule has 1 unspecified atom stereocenters. The maximum Gasteiger partial charge on any atom is 0.0713 e. The molecule has 1 aromatic rings. The summed E-state index contributed by atoms with van der Waals surface area (Å²) in [6, 6.07) is 3.97. The van der Waals surface area contributed by atoms with E-state index in [0.717, 1.165) is 35.7 Å². The first-order valence-corrected chi connectivity index (χ1v) is 6.69. The smallest absolute Gasteiger partial charge is 0.0713 e. The van der Waals surface area contributed by atoms with E-state index in [1.165, 1.54) is 10.6 Å². The molecule has 0 spiro atoms. The Balaban J connectivity index is 2.73. The lowest BCUT2D eigenvalue weighted by Gasteiger charge is -2.36. The maximum atomic E-state index is 10.1. The molecule has 3 nitrogen and oxygen atoms in total. The van der Waals surface area contributed by atoms with Crippen molar-refractivity contribution in [3.05, 3.63) is 28.3 Å². The molecule has 0 aliphatic carbocycles. The molecule has 1 N–H and O–H groups in total. The van der Waals surface area contributed by atoms with Crippen molar-refractivity contribution in [1.29, 1.82) is 0 Å². The van der Waals surface area contributed by atoms with E-state index in [4.69, 9.17) is 11.6 Å². The molecule has 0 bridgehead atoms. The summed E-state index contributed by atoms with van der Waals surface area (Å²) in [7, 11) is 3.79. The van der Waals surface area contributed by atoms with Crippen molar-refractivity contribution in [1.82, 2.24) is 5.06 Å². The van der Waals surface area contributed by atoms with Gasteiger partial charge in [0.1, 0.15) is 0 Å². The van der Waals surface area contributed by atoms with Crippen LogP contribution in [0.2, 0.25) is 5.02 Å². The van der Waals surface area contributed by atoms with Crippen LogP contribution in [0, 0.1) is 6.92 Å². The van der Waals surface area contributed by atoms with E-state index in [1.54, 1.807) is 7.05 Å². The van der Waals surface area contributed by atoms with Crippen LogP contribution in [0.5, 0.6) is 0 Å². The highest BCUT2D eigenvalue weighted by Crippen LogP contribution is 2.45. The van der Waals surface area contributed by atoms with Gasteiger partial charge >= 0.3 is 0 Å². The van der Waals surface area contributed by atoms with E-state index in [1.807, 2.05) is 12.1 Å². The monoisotopic (exact) mass is 268 g/mol. The number of fused-ring (bicyclic) bond motifs is 1. The molecule has 18 heavy (non-hydrogen) atoms. The molecule has 1 aliphatic heterocycles. The lowest BCUT2D eigenvalue weighted by molar-refractivity contribution is -0.153. The Morgan fingerprint density at radius 1 is 1.44 bits per heavy atom. The highest BCUT2D eigenvalue weighted by Gasteiger charge is 2.38. The predicted molar refractivity (Wildman–Crippen MR) is 75.6 cm³/mol. The fourth-order valence-electron chi connectivity index (χ4n) is 2.90. The van der Waals surface area contributed by atoms with Crippen LogP contribution < -0.4 is 4.90 Å². The van der Waals surface area contributed by atoms with Crippen molar-refractivity contribution in [3.8, 4) is 0 Å². The van der Waals surface area contributed by atoms with Gasteiger partial charge in [-0.3, -0.25) is 0 Å². The number of halogens is 1. The second-order valence-corrected chi connectivity index (χ2v) is 5.82. The molecule has 1 heterocycles. The van der Waals surface area contributed by atoms with Gasteiger partial charge < -0.3 is 10.1 Å². The van der Waals surface area contributed by atoms with Gasteiger partial charge in [-0.2, -0.15) is 5.06 Å². The molecule has 4 heteroatoms. The van der Waals surface area contributed by atoms with E-state index in [0.29, 0.717) is 0 Å². The largest absolute Gasteiger partial charge is 0.374 e. The number of hydrogen-bond donors (Lipinski definition) is 1. The van der Waals surface area contributed by atoms with Gasteiger partial charge in [0.25, 0.3) is 0 Å². The van der Waals surface area contributed by atoms with Crippen molar-refractivity contribution in [2.24, 2.45) is 0 Å². The minimum Gasteiger partial charge on any atom is -0.374 e. The van der Waals surface area contributed by atoms with Crippen LogP contribution in [0.25, 0.3) is 0 Å². The van der Waals surface area contributed by atoms with Crippen LogP contribution in [-0.2, 0) is 5.54 Å². The number of aryl methyl sites for hydroxylation is 1. The topological polar surface area (TPSA) is 26.7 Å². The van der Waals surface area contributed by atoms with Gasteiger partial charge in [0.15, 0.2) is 0 Å². The molecule has 1 aromatic carbocycles. The molecule has 2 rings (SSSR count). The first kappa shape index (κ1) is 13.7. The number of nitrogens with zero attached hydrogens (tertiary/aromatic N) is 2. The van der Waals surface area contributed by atoms with Crippen LogP contribution in [-0.4, -0.2) is 30.9 Å². The average molecular weight is 269 g/mol. The van der Waals surface area contributed by atoms with E-state index in [-0.39, 0.29) is 0 Å². The second kappa shape index (κ2) is 4.72. The molecular weight excluding hydrogens is 248 g/mol. The molecule has 0 radical (unpaired) electrons. The third-order valence-electron chi connectivity index (χ3n) is 4.12. The minimum absolute atomic E-state index is 0.427. The lowest BCUT2D eigenvalue weighted by Crippen LogP contribution is -2.39. The van der Waals surface area contributed by atoms with Crippen molar-refractivity contribution >= 4 is 17.3 Å². The van der Waals surface area contributed by atoms with E-state index < -0.39 is 5.54 Å². The molecule has 0 aromatic heterocycles. The van der Waals surface area contributed by atoms with Crippen LogP contribution in [0.1, 0.15) is 30.9 Å². The van der Waals surface area contributed by atoms with E-state index in [9.17, 15) is 5.21 Å². The number of benzene rings is 1. The molecule has 0 amide bonds. The SMILES string of the molecule is Cc1ccc(Cl)c2c1N(C)CCCC2(C)N(C)O. The Morgan fingerprint density at radius 2 is 2.11 bits per heavy atom. The third-order valence-corrected chi connectivity index (χ3v) is 4.44. The zero-order chi connectivity index (χ0) is 13.5. The summed E-state index contributed by atoms with van der Waals surface area (Å²) in [5, 5.41) is 12.1. The van der Waals surface area contributed by atoms with Gasteiger partial charge in [0.05, 0.1) is 5.54 Å². The van der Waals surface area contributed by atoms with Crippen LogP contribution in [0.3, 0.4) is 0 Å². The molecule has 0 saturated carbocycles. The molecule has 1 aliphatic rings. The predicted octanol–water partition coefficient (Wildman–Crippen LogP) is 3.41. The van der Waals surface area contributed by atoms with Crippen LogP contribution in [0.15, 0.2) is 12.1 Å². The molecule has 0 saturated heterocycles. The number of rotatable bonds is 1. The summed E-state index contributed by atoms with van der Waals surface area (Å²) >= 11 is 6.42. The van der Waals surface area contributed by atoms with Crippen molar-refractivity contribution in [3.63, 3.8) is 0 Å². The summed E-state index contributed by atoms with van der Waals surface area (Å²) in [4.78, 5) is 2.24. The van der Waals surface area contributed by atoms with Gasteiger partial charge in [-0.05, 0) is 38.3 Å². The highest BCUT2D eigenvalue weighted by atomic mass is 35.5.